The van der Waals surface area contributed by atoms with E-state index in [9.17, 15) is 4.79 Å². The summed E-state index contributed by atoms with van der Waals surface area (Å²) < 4.78 is 0. The molecular weight excluding hydrogens is 501 g/mol. The lowest BCUT2D eigenvalue weighted by molar-refractivity contribution is -0.129. The maximum atomic E-state index is 12.1. The molecule has 2 heterocycles. The van der Waals surface area contributed by atoms with Gasteiger partial charge in [0.15, 0.2) is 5.96 Å². The van der Waals surface area contributed by atoms with E-state index in [0.717, 1.165) is 70.9 Å². The summed E-state index contributed by atoms with van der Waals surface area (Å²) in [6.45, 7) is 9.88. The van der Waals surface area contributed by atoms with Crippen LogP contribution in [0.15, 0.2) is 35.3 Å². The number of hydrogen-bond donors (Lipinski definition) is 2. The summed E-state index contributed by atoms with van der Waals surface area (Å²) in [6.07, 6.45) is 6.17. The minimum atomic E-state index is 0. The van der Waals surface area contributed by atoms with Gasteiger partial charge in [0, 0.05) is 44.7 Å². The quantitative estimate of drug-likeness (QED) is 0.270. The van der Waals surface area contributed by atoms with Gasteiger partial charge in [0.05, 0.1) is 6.54 Å². The van der Waals surface area contributed by atoms with Crippen LogP contribution in [0.2, 0.25) is 0 Å². The number of nitrogens with zero attached hydrogens (tertiary/aromatic N) is 3. The smallest absolute Gasteiger partial charge is 0.222 e. The summed E-state index contributed by atoms with van der Waals surface area (Å²) in [5, 5.41) is 6.88. The highest BCUT2D eigenvalue weighted by Crippen LogP contribution is 2.20. The Balaban J connectivity index is 0.00000341. The third-order valence-corrected chi connectivity index (χ3v) is 6.32. The van der Waals surface area contributed by atoms with Crippen molar-refractivity contribution in [3.63, 3.8) is 0 Å². The fraction of sp³-hybridized carbons (Fsp3) is 0.667. The van der Waals surface area contributed by atoms with Crippen LogP contribution in [0, 0.1) is 0 Å². The highest BCUT2D eigenvalue weighted by atomic mass is 127. The van der Waals surface area contributed by atoms with Crippen molar-refractivity contribution in [2.24, 2.45) is 4.99 Å². The van der Waals surface area contributed by atoms with Gasteiger partial charge in [-0.25, -0.2) is 0 Å². The molecule has 1 aromatic carbocycles. The Morgan fingerprint density at radius 2 is 1.97 bits per heavy atom. The summed E-state index contributed by atoms with van der Waals surface area (Å²) in [6, 6.07) is 11.6. The van der Waals surface area contributed by atoms with Gasteiger partial charge >= 0.3 is 0 Å². The second-order valence-electron chi connectivity index (χ2n) is 8.44. The van der Waals surface area contributed by atoms with Crippen LogP contribution in [0.4, 0.5) is 0 Å². The molecule has 2 saturated heterocycles. The Morgan fingerprint density at radius 1 is 1.16 bits per heavy atom. The molecule has 0 aromatic heterocycles. The number of halogens is 1. The molecule has 2 atom stereocenters. The van der Waals surface area contributed by atoms with Crippen LogP contribution in [-0.2, 0) is 11.3 Å². The lowest BCUT2D eigenvalue weighted by Gasteiger charge is -2.27. The molecule has 6 nitrogen and oxygen atoms in total. The Kier molecular flexibility index (Phi) is 11.6. The fourth-order valence-corrected chi connectivity index (χ4v) is 4.66. The van der Waals surface area contributed by atoms with E-state index >= 15 is 0 Å². The number of hydrogen-bond acceptors (Lipinski definition) is 3. The fourth-order valence-electron chi connectivity index (χ4n) is 4.66. The zero-order valence-corrected chi connectivity index (χ0v) is 21.5. The largest absolute Gasteiger partial charge is 0.357 e. The Bertz CT molecular complexity index is 684. The van der Waals surface area contributed by atoms with Gasteiger partial charge in [-0.3, -0.25) is 14.7 Å². The number of benzene rings is 1. The maximum Gasteiger partial charge on any atom is 0.222 e. The van der Waals surface area contributed by atoms with E-state index < -0.39 is 0 Å². The van der Waals surface area contributed by atoms with Gasteiger partial charge < -0.3 is 15.5 Å². The highest BCUT2D eigenvalue weighted by Gasteiger charge is 2.27. The van der Waals surface area contributed by atoms with Crippen LogP contribution in [0.25, 0.3) is 0 Å². The maximum absolute atomic E-state index is 12.1. The van der Waals surface area contributed by atoms with E-state index in [4.69, 9.17) is 4.99 Å². The molecule has 1 aromatic rings. The van der Waals surface area contributed by atoms with E-state index in [1.54, 1.807) is 0 Å². The number of carbonyl (C=O) groups is 1. The molecule has 2 N–H and O–H groups in total. The van der Waals surface area contributed by atoms with E-state index in [0.29, 0.717) is 18.0 Å². The van der Waals surface area contributed by atoms with E-state index in [-0.39, 0.29) is 24.0 Å². The van der Waals surface area contributed by atoms with Crippen LogP contribution in [0.5, 0.6) is 0 Å². The molecule has 0 spiro atoms. The topological polar surface area (TPSA) is 60.0 Å². The van der Waals surface area contributed by atoms with E-state index in [1.807, 2.05) is 0 Å². The molecule has 2 aliphatic heterocycles. The minimum absolute atomic E-state index is 0. The molecule has 0 bridgehead atoms. The first kappa shape index (κ1) is 25.9. The molecule has 0 radical (unpaired) electrons. The average molecular weight is 542 g/mol. The summed E-state index contributed by atoms with van der Waals surface area (Å²) in [5.74, 6) is 1.22. The predicted octanol–water partition coefficient (Wildman–Crippen LogP) is 3.62. The van der Waals surface area contributed by atoms with Gasteiger partial charge in [-0.15, -0.1) is 24.0 Å². The summed E-state index contributed by atoms with van der Waals surface area (Å²) >= 11 is 0. The zero-order valence-electron chi connectivity index (χ0n) is 19.2. The molecule has 7 heteroatoms. The lowest BCUT2D eigenvalue weighted by atomic mass is 10.1. The minimum Gasteiger partial charge on any atom is -0.357 e. The SMILES string of the molecule is CCNC(=NCC1CCCN1Cc1ccccc1)NCCC(CC)N1CCCC1=O.I. The number of rotatable bonds is 10. The molecule has 0 saturated carbocycles. The average Bonchev–Trinajstić information content (AvgIpc) is 3.39. The Hall–Kier alpha value is -1.35. The lowest BCUT2D eigenvalue weighted by Crippen LogP contribution is -2.42. The number of likely N-dealkylation sites (tertiary alicyclic amines) is 2. The zero-order chi connectivity index (χ0) is 21.2. The third-order valence-electron chi connectivity index (χ3n) is 6.32. The van der Waals surface area contributed by atoms with Gasteiger partial charge in [0.25, 0.3) is 0 Å². The van der Waals surface area contributed by atoms with Crippen molar-refractivity contribution in [3.05, 3.63) is 35.9 Å². The number of nitrogens with one attached hydrogen (secondary N) is 2. The molecule has 31 heavy (non-hydrogen) atoms. The number of guanidine groups is 1. The van der Waals surface area contributed by atoms with Crippen LogP contribution in [-0.4, -0.2) is 66.5 Å². The van der Waals surface area contributed by atoms with Crippen molar-refractivity contribution in [2.75, 3.05) is 32.7 Å². The van der Waals surface area contributed by atoms with E-state index in [1.165, 1.54) is 18.4 Å². The van der Waals surface area contributed by atoms with E-state index in [2.05, 4.69) is 64.6 Å². The molecule has 2 unspecified atom stereocenters. The second kappa shape index (κ2) is 13.9. The van der Waals surface area contributed by atoms with Gasteiger partial charge in [0.1, 0.15) is 0 Å². The van der Waals surface area contributed by atoms with Crippen LogP contribution >= 0.6 is 24.0 Å². The summed E-state index contributed by atoms with van der Waals surface area (Å²) in [7, 11) is 0. The first-order chi connectivity index (χ1) is 14.7. The normalized spacial score (nSPS) is 20.6. The highest BCUT2D eigenvalue weighted by molar-refractivity contribution is 14.0. The van der Waals surface area contributed by atoms with Crippen molar-refractivity contribution in [1.82, 2.24) is 20.4 Å². The number of aliphatic imine (C=N–C) groups is 1. The van der Waals surface area contributed by atoms with Gasteiger partial charge in [-0.2, -0.15) is 0 Å². The second-order valence-corrected chi connectivity index (χ2v) is 8.44. The van der Waals surface area contributed by atoms with Crippen LogP contribution in [0.3, 0.4) is 0 Å². The van der Waals surface area contributed by atoms with Crippen molar-refractivity contribution < 1.29 is 4.79 Å². The Labute approximate surface area is 205 Å². The molecule has 0 aliphatic carbocycles. The number of amides is 1. The monoisotopic (exact) mass is 541 g/mol. The van der Waals surface area contributed by atoms with Crippen molar-refractivity contribution in [3.8, 4) is 0 Å². The van der Waals surface area contributed by atoms with Crippen molar-refractivity contribution in [1.29, 1.82) is 0 Å². The van der Waals surface area contributed by atoms with Crippen molar-refractivity contribution in [2.45, 2.75) is 71.0 Å². The molecule has 2 fully saturated rings. The molecule has 1 amide bonds. The molecular formula is C24H40IN5O. The third kappa shape index (κ3) is 7.93. The predicted molar refractivity (Wildman–Crippen MR) is 139 cm³/mol. The summed E-state index contributed by atoms with van der Waals surface area (Å²) in [4.78, 5) is 21.6. The Morgan fingerprint density at radius 3 is 2.65 bits per heavy atom. The van der Waals surface area contributed by atoms with Gasteiger partial charge in [-0.05, 0) is 51.1 Å². The van der Waals surface area contributed by atoms with Gasteiger partial charge in [-0.1, -0.05) is 37.3 Å². The molecule has 3 rings (SSSR count). The van der Waals surface area contributed by atoms with Crippen LogP contribution in [0.1, 0.15) is 57.9 Å². The molecule has 174 valence electrons. The van der Waals surface area contributed by atoms with Crippen molar-refractivity contribution >= 4 is 35.8 Å². The molecule has 2 aliphatic rings. The summed E-state index contributed by atoms with van der Waals surface area (Å²) in [5.41, 5.74) is 1.38. The first-order valence-electron chi connectivity index (χ1n) is 11.8. The van der Waals surface area contributed by atoms with Crippen LogP contribution < -0.4 is 10.6 Å². The van der Waals surface area contributed by atoms with Gasteiger partial charge in [0.2, 0.25) is 5.91 Å². The standard InChI is InChI=1S/C24H39N5O.HI/c1-3-21(29-17-9-13-23(29)30)14-15-26-24(25-4-2)27-18-22-12-8-16-28(22)19-20-10-6-5-7-11-20;/h5-7,10-11,21-22H,3-4,8-9,12-19H2,1-2H3,(H2,25,26,27);1H. The number of carbonyl (C=O) groups excluding carboxylic acids is 1. The first-order valence-corrected chi connectivity index (χ1v) is 11.8.